The van der Waals surface area contributed by atoms with Gasteiger partial charge in [0.2, 0.25) is 5.72 Å². The molecule has 1 saturated heterocycles. The lowest BCUT2D eigenvalue weighted by Crippen LogP contribution is -2.39. The number of carbonyl (C=O) groups is 1. The van der Waals surface area contributed by atoms with Gasteiger partial charge in [0, 0.05) is 30.0 Å². The minimum atomic E-state index is -5.06. The number of ether oxygens (including phenoxy) is 1. The number of halogens is 3. The fourth-order valence-electron chi connectivity index (χ4n) is 4.17. The Hall–Kier alpha value is -4.24. The van der Waals surface area contributed by atoms with Gasteiger partial charge in [0.1, 0.15) is 23.8 Å². The molecule has 208 valence electrons. The zero-order chi connectivity index (χ0) is 28.5. The summed E-state index contributed by atoms with van der Waals surface area (Å²) in [5, 5.41) is 46.9. The number of hydrogen-bond donors (Lipinski definition) is 6. The third-order valence-corrected chi connectivity index (χ3v) is 5.97. The van der Waals surface area contributed by atoms with Gasteiger partial charge in [-0.05, 0) is 6.07 Å². The number of carbonyl (C=O) groups excluding carboxylic acids is 1. The van der Waals surface area contributed by atoms with E-state index in [1.165, 1.54) is 23.0 Å². The molecule has 0 radical (unpaired) electrons. The van der Waals surface area contributed by atoms with E-state index in [9.17, 15) is 43.4 Å². The number of nitrogens with one attached hydrogen (secondary N) is 2. The number of guanidine groups is 1. The van der Waals surface area contributed by atoms with Gasteiger partial charge in [0.05, 0.1) is 30.5 Å². The highest BCUT2D eigenvalue weighted by Crippen LogP contribution is 2.40. The van der Waals surface area contributed by atoms with Crippen LogP contribution in [0.3, 0.4) is 0 Å². The van der Waals surface area contributed by atoms with Crippen molar-refractivity contribution in [2.45, 2.75) is 43.2 Å². The van der Waals surface area contributed by atoms with E-state index in [4.69, 9.17) is 10.5 Å². The molecule has 2 aliphatic rings. The van der Waals surface area contributed by atoms with Crippen molar-refractivity contribution in [3.63, 3.8) is 0 Å². The molecule has 1 amide bonds. The highest BCUT2D eigenvalue weighted by atomic mass is 19.4. The Bertz CT molecular complexity index is 1380. The number of hydrogen-bond acceptors (Lipinski definition) is 11. The molecule has 0 aliphatic carbocycles. The number of aliphatic imine (C=N–C) groups is 1. The lowest BCUT2D eigenvalue weighted by Gasteiger charge is -2.29. The van der Waals surface area contributed by atoms with Crippen molar-refractivity contribution < 1.29 is 42.9 Å². The van der Waals surface area contributed by atoms with E-state index >= 15 is 0 Å². The van der Waals surface area contributed by atoms with E-state index in [1.54, 1.807) is 5.32 Å². The molecule has 1 aromatic heterocycles. The maximum absolute atomic E-state index is 12.2. The summed E-state index contributed by atoms with van der Waals surface area (Å²) in [7, 11) is 0. The summed E-state index contributed by atoms with van der Waals surface area (Å²) in [6.45, 7) is -1.05. The Morgan fingerprint density at radius 2 is 2.18 bits per heavy atom. The van der Waals surface area contributed by atoms with E-state index in [-0.39, 0.29) is 35.0 Å². The van der Waals surface area contributed by atoms with Crippen LogP contribution in [-0.2, 0) is 21.7 Å². The molecule has 3 heterocycles. The number of rotatable bonds is 6. The summed E-state index contributed by atoms with van der Waals surface area (Å²) in [6, 6.07) is 3.70. The highest BCUT2D eigenvalue weighted by Gasteiger charge is 2.43. The van der Waals surface area contributed by atoms with Crippen molar-refractivity contribution in [3.05, 3.63) is 51.5 Å². The predicted octanol–water partition coefficient (Wildman–Crippen LogP) is -0.410. The van der Waals surface area contributed by atoms with Crippen LogP contribution in [0.1, 0.15) is 29.5 Å². The van der Waals surface area contributed by atoms with Gasteiger partial charge >= 0.3 is 12.1 Å². The van der Waals surface area contributed by atoms with Crippen LogP contribution in [0.25, 0.3) is 0 Å². The first-order valence-electron chi connectivity index (χ1n) is 11.3. The molecule has 39 heavy (non-hydrogen) atoms. The second kappa shape index (κ2) is 10.5. The lowest BCUT2D eigenvalue weighted by molar-refractivity contribution is -0.385. The zero-order valence-corrected chi connectivity index (χ0v) is 19.8. The molecule has 2 aliphatic heterocycles. The molecular weight excluding hydrogens is 531 g/mol. The van der Waals surface area contributed by atoms with E-state index in [0.717, 1.165) is 6.07 Å². The number of nitro benzene ring substituents is 1. The van der Waals surface area contributed by atoms with E-state index in [1.807, 2.05) is 0 Å². The van der Waals surface area contributed by atoms with Crippen molar-refractivity contribution in [2.75, 3.05) is 18.5 Å². The fraction of sp³-hybridized carbons (Fsp3) is 0.409. The van der Waals surface area contributed by atoms with Crippen LogP contribution in [0, 0.1) is 22.0 Å². The molecule has 1 aromatic carbocycles. The van der Waals surface area contributed by atoms with Gasteiger partial charge in [-0.25, -0.2) is 9.98 Å². The summed E-state index contributed by atoms with van der Waals surface area (Å²) in [6.07, 6.45) is -6.63. The van der Waals surface area contributed by atoms with Crippen molar-refractivity contribution in [1.29, 1.82) is 0 Å². The van der Waals surface area contributed by atoms with E-state index < -0.39 is 66.4 Å². The smallest absolute Gasteiger partial charge is 0.394 e. The number of aromatic nitrogens is 2. The number of imidazole rings is 1. The lowest BCUT2D eigenvalue weighted by atomic mass is 9.96. The Morgan fingerprint density at radius 1 is 1.44 bits per heavy atom. The Morgan fingerprint density at radius 3 is 2.82 bits per heavy atom. The predicted molar refractivity (Wildman–Crippen MR) is 126 cm³/mol. The van der Waals surface area contributed by atoms with Gasteiger partial charge in [-0.1, -0.05) is 17.9 Å². The third-order valence-electron chi connectivity index (χ3n) is 5.97. The molecule has 0 saturated carbocycles. The fourth-order valence-corrected chi connectivity index (χ4v) is 4.17. The number of amides is 1. The van der Waals surface area contributed by atoms with Crippen LogP contribution in [0.4, 0.5) is 24.7 Å². The number of nitro groups is 1. The third kappa shape index (κ3) is 5.78. The molecule has 1 unspecified atom stereocenters. The maximum Gasteiger partial charge on any atom is 0.471 e. The molecule has 7 N–H and O–H groups in total. The SMILES string of the molecule is NC1=NC(O)(Cc2ccc(C#CCNC(=O)C(F)(F)F)cc2[N+](=O)[O-])c2ncn([C@H]3C[C@H](O)[C@@H](CO)O3)c2N1. The topological polar surface area (TPSA) is 210 Å². The monoisotopic (exact) mass is 553 g/mol. The first-order valence-corrected chi connectivity index (χ1v) is 11.3. The van der Waals surface area contributed by atoms with Crippen LogP contribution in [0.2, 0.25) is 0 Å². The Kier molecular flexibility index (Phi) is 7.48. The largest absolute Gasteiger partial charge is 0.471 e. The quantitative estimate of drug-likeness (QED) is 0.155. The van der Waals surface area contributed by atoms with Crippen molar-refractivity contribution in [3.8, 4) is 11.8 Å². The summed E-state index contributed by atoms with van der Waals surface area (Å²) in [5.74, 6) is 2.49. The van der Waals surface area contributed by atoms with Gasteiger partial charge in [0.25, 0.3) is 5.69 Å². The Balaban J connectivity index is 1.58. The van der Waals surface area contributed by atoms with Crippen molar-refractivity contribution in [2.24, 2.45) is 10.7 Å². The van der Waals surface area contributed by atoms with Crippen LogP contribution in [0.15, 0.2) is 29.5 Å². The minimum absolute atomic E-state index is 0.0188. The second-order valence-electron chi connectivity index (χ2n) is 8.66. The van der Waals surface area contributed by atoms with Crippen LogP contribution in [-0.4, -0.2) is 73.2 Å². The number of aliphatic hydroxyl groups excluding tert-OH is 2. The van der Waals surface area contributed by atoms with E-state index in [2.05, 4.69) is 27.1 Å². The van der Waals surface area contributed by atoms with Crippen molar-refractivity contribution >= 4 is 23.4 Å². The number of nitrogens with two attached hydrogens (primary N) is 1. The second-order valence-corrected chi connectivity index (χ2v) is 8.66. The normalized spacial score (nSPS) is 24.2. The van der Waals surface area contributed by atoms with Gasteiger partial charge in [-0.3, -0.25) is 19.5 Å². The molecule has 17 heteroatoms. The van der Waals surface area contributed by atoms with Gasteiger partial charge in [-0.15, -0.1) is 0 Å². The van der Waals surface area contributed by atoms with Gasteiger partial charge < -0.3 is 36.4 Å². The zero-order valence-electron chi connectivity index (χ0n) is 19.8. The van der Waals surface area contributed by atoms with Crippen LogP contribution in [0.5, 0.6) is 0 Å². The van der Waals surface area contributed by atoms with Crippen LogP contribution < -0.4 is 16.4 Å². The number of anilines is 1. The molecular formula is C22H22F3N7O7. The van der Waals surface area contributed by atoms with Gasteiger partial charge in [-0.2, -0.15) is 13.2 Å². The molecule has 0 spiro atoms. The molecule has 0 bridgehead atoms. The summed E-state index contributed by atoms with van der Waals surface area (Å²) in [4.78, 5) is 30.1. The highest BCUT2D eigenvalue weighted by molar-refractivity contribution is 5.94. The number of benzene rings is 1. The molecule has 1 fully saturated rings. The van der Waals surface area contributed by atoms with Crippen LogP contribution >= 0.6 is 0 Å². The first-order chi connectivity index (χ1) is 18.3. The average Bonchev–Trinajstić information content (AvgIpc) is 3.44. The molecule has 4 rings (SSSR count). The maximum atomic E-state index is 12.2. The first kappa shape index (κ1) is 27.8. The van der Waals surface area contributed by atoms with Crippen molar-refractivity contribution in [1.82, 2.24) is 14.9 Å². The number of fused-ring (bicyclic) bond motifs is 1. The van der Waals surface area contributed by atoms with Gasteiger partial charge in [0.15, 0.2) is 5.96 Å². The standard InChI is InChI=1S/C22H22F3N7O7/c23-22(24,25)19(35)27-5-1-2-11-3-4-12(13(6-11)32(37)38)8-21(36)17-18(29-20(26)30-21)31(10-28-17)16-7-14(34)15(9-33)39-16/h3-4,6,10,14-16,33-34,36H,5,7-9H2,(H,27,35)(H3,26,29,30)/t14-,15+,16+,21?/m0/s1. The number of aliphatic hydroxyl groups is 3. The molecule has 4 atom stereocenters. The average molecular weight is 553 g/mol. The molecule has 14 nitrogen and oxygen atoms in total. The molecule has 2 aromatic rings. The summed E-state index contributed by atoms with van der Waals surface area (Å²) >= 11 is 0. The number of alkyl halides is 3. The minimum Gasteiger partial charge on any atom is -0.394 e. The number of nitrogens with zero attached hydrogens (tertiary/aromatic N) is 4. The summed E-state index contributed by atoms with van der Waals surface area (Å²) < 4.78 is 43.8. The summed E-state index contributed by atoms with van der Waals surface area (Å²) in [5.41, 5.74) is 3.34. The Labute approximate surface area is 217 Å². The van der Waals surface area contributed by atoms with E-state index in [0.29, 0.717) is 0 Å².